The van der Waals surface area contributed by atoms with E-state index in [2.05, 4.69) is 4.98 Å². The Labute approximate surface area is 156 Å². The summed E-state index contributed by atoms with van der Waals surface area (Å²) in [6.07, 6.45) is 0. The number of hydrogen-bond donors (Lipinski definition) is 0. The van der Waals surface area contributed by atoms with Crippen LogP contribution in [0.2, 0.25) is 0 Å². The number of rotatable bonds is 6. The fraction of sp³-hybridized carbons (Fsp3) is 0.474. The van der Waals surface area contributed by atoms with Gasteiger partial charge in [0.15, 0.2) is 12.1 Å². The molecule has 1 aromatic carbocycles. The van der Waals surface area contributed by atoms with Gasteiger partial charge in [-0.05, 0) is 26.0 Å². The minimum atomic E-state index is -0.901. The Kier molecular flexibility index (Phi) is 5.16. The summed E-state index contributed by atoms with van der Waals surface area (Å²) in [4.78, 5) is 42.5. The van der Waals surface area contributed by atoms with Gasteiger partial charge in [-0.2, -0.15) is 0 Å². The van der Waals surface area contributed by atoms with Crippen LogP contribution in [0.15, 0.2) is 29.1 Å². The van der Waals surface area contributed by atoms with E-state index in [-0.39, 0.29) is 24.7 Å². The molecule has 2 atom stereocenters. The van der Waals surface area contributed by atoms with Crippen molar-refractivity contribution in [1.82, 2.24) is 9.66 Å². The maximum absolute atomic E-state index is 13.2. The summed E-state index contributed by atoms with van der Waals surface area (Å²) in [5.41, 5.74) is 0.245. The number of benzene rings is 1. The molecule has 0 saturated carbocycles. The first kappa shape index (κ1) is 18.9. The van der Waals surface area contributed by atoms with Gasteiger partial charge in [-0.25, -0.2) is 19.2 Å². The van der Waals surface area contributed by atoms with Gasteiger partial charge in [0.25, 0.3) is 5.56 Å². The average molecular weight is 373 g/mol. The van der Waals surface area contributed by atoms with Crippen molar-refractivity contribution >= 4 is 22.8 Å². The van der Waals surface area contributed by atoms with Crippen molar-refractivity contribution in [2.24, 2.45) is 0 Å². The molecule has 0 bridgehead atoms. The topological polar surface area (TPSA) is 90.5 Å². The molecule has 0 N–H and O–H groups in total. The van der Waals surface area contributed by atoms with Gasteiger partial charge in [0, 0.05) is 5.92 Å². The molecular weight excluding hydrogens is 350 g/mol. The second-order valence-electron chi connectivity index (χ2n) is 6.53. The molecule has 2 heterocycles. The molecular formula is C19H23N3O5. The number of hydrogen-bond acceptors (Lipinski definition) is 7. The Bertz CT molecular complexity index is 913. The van der Waals surface area contributed by atoms with E-state index < -0.39 is 24.0 Å². The number of fused-ring (bicyclic) bond motifs is 1. The molecule has 1 aliphatic rings. The highest BCUT2D eigenvalue weighted by atomic mass is 16.5. The predicted molar refractivity (Wildman–Crippen MR) is 99.2 cm³/mol. The molecule has 144 valence electrons. The normalized spacial score (nSPS) is 18.6. The minimum Gasteiger partial charge on any atom is -0.464 e. The molecule has 2 unspecified atom stereocenters. The Morgan fingerprint density at radius 1 is 1.07 bits per heavy atom. The van der Waals surface area contributed by atoms with E-state index in [1.807, 2.05) is 19.9 Å². The molecule has 0 amide bonds. The van der Waals surface area contributed by atoms with Gasteiger partial charge in [0.05, 0.1) is 24.1 Å². The second-order valence-corrected chi connectivity index (χ2v) is 6.53. The van der Waals surface area contributed by atoms with E-state index in [1.54, 1.807) is 32.0 Å². The van der Waals surface area contributed by atoms with Crippen LogP contribution in [0.5, 0.6) is 0 Å². The maximum Gasteiger partial charge on any atom is 0.333 e. The molecule has 1 aromatic heterocycles. The van der Waals surface area contributed by atoms with E-state index in [0.717, 1.165) is 0 Å². The fourth-order valence-corrected chi connectivity index (χ4v) is 3.14. The van der Waals surface area contributed by atoms with Crippen LogP contribution in [-0.2, 0) is 19.1 Å². The average Bonchev–Trinajstić information content (AvgIpc) is 3.37. The van der Waals surface area contributed by atoms with Gasteiger partial charge in [-0.15, -0.1) is 0 Å². The molecule has 1 fully saturated rings. The van der Waals surface area contributed by atoms with Gasteiger partial charge >= 0.3 is 11.9 Å². The van der Waals surface area contributed by atoms with Crippen molar-refractivity contribution in [3.05, 3.63) is 40.4 Å². The van der Waals surface area contributed by atoms with Crippen LogP contribution < -0.4 is 10.6 Å². The molecule has 0 radical (unpaired) electrons. The zero-order valence-corrected chi connectivity index (χ0v) is 15.8. The third-order valence-electron chi connectivity index (χ3n) is 4.36. The highest BCUT2D eigenvalue weighted by molar-refractivity contribution is 5.97. The molecule has 27 heavy (non-hydrogen) atoms. The highest BCUT2D eigenvalue weighted by Gasteiger charge is 2.61. The third kappa shape index (κ3) is 3.27. The van der Waals surface area contributed by atoms with E-state index >= 15 is 0 Å². The van der Waals surface area contributed by atoms with Crippen LogP contribution in [0.25, 0.3) is 10.9 Å². The number of ether oxygens (including phenoxy) is 2. The van der Waals surface area contributed by atoms with Crippen LogP contribution in [0.1, 0.15) is 39.4 Å². The monoisotopic (exact) mass is 373 g/mol. The van der Waals surface area contributed by atoms with Gasteiger partial charge in [-0.3, -0.25) is 9.80 Å². The van der Waals surface area contributed by atoms with Crippen molar-refractivity contribution in [2.45, 2.75) is 45.7 Å². The van der Waals surface area contributed by atoms with Gasteiger partial charge in [0.1, 0.15) is 5.82 Å². The van der Waals surface area contributed by atoms with Crippen LogP contribution in [0.3, 0.4) is 0 Å². The van der Waals surface area contributed by atoms with Crippen LogP contribution in [0.4, 0.5) is 0 Å². The lowest BCUT2D eigenvalue weighted by molar-refractivity contribution is -0.147. The minimum absolute atomic E-state index is 0.103. The zero-order chi connectivity index (χ0) is 19.7. The largest absolute Gasteiger partial charge is 0.464 e. The van der Waals surface area contributed by atoms with E-state index in [4.69, 9.17) is 9.47 Å². The Morgan fingerprint density at radius 3 is 2.15 bits per heavy atom. The Balaban J connectivity index is 2.15. The lowest BCUT2D eigenvalue weighted by atomic mass is 10.2. The SMILES string of the molecule is CCOC(=O)C1C(C(=O)OCC)N1n1c(C(C)C)nc2ccccc2c1=O. The third-order valence-corrected chi connectivity index (χ3v) is 4.36. The summed E-state index contributed by atoms with van der Waals surface area (Å²) in [5, 5.41) is 1.83. The van der Waals surface area contributed by atoms with Crippen LogP contribution in [-0.4, -0.2) is 46.9 Å². The first-order valence-electron chi connectivity index (χ1n) is 9.05. The molecule has 8 heteroatoms. The first-order valence-corrected chi connectivity index (χ1v) is 9.05. The molecule has 1 saturated heterocycles. The molecule has 3 rings (SSSR count). The first-order chi connectivity index (χ1) is 12.9. The highest BCUT2D eigenvalue weighted by Crippen LogP contribution is 2.30. The fourth-order valence-electron chi connectivity index (χ4n) is 3.14. The summed E-state index contributed by atoms with van der Waals surface area (Å²) in [6.45, 7) is 7.53. The van der Waals surface area contributed by atoms with Crippen molar-refractivity contribution < 1.29 is 19.1 Å². The lowest BCUT2D eigenvalue weighted by Crippen LogP contribution is -2.37. The number of para-hydroxylation sites is 1. The van der Waals surface area contributed by atoms with Crippen molar-refractivity contribution in [3.8, 4) is 0 Å². The van der Waals surface area contributed by atoms with E-state index in [0.29, 0.717) is 16.7 Å². The standard InChI is InChI=1S/C19H23N3O5/c1-5-26-18(24)14-15(19(25)27-6-2)21(14)22-16(11(3)4)20-13-10-8-7-9-12(13)17(22)23/h7-11,14-15H,5-6H2,1-4H3. The number of aromatic nitrogens is 2. The predicted octanol–water partition coefficient (Wildman–Crippen LogP) is 1.33. The molecule has 0 aliphatic carbocycles. The zero-order valence-electron chi connectivity index (χ0n) is 15.8. The summed E-state index contributed by atoms with van der Waals surface area (Å²) in [6, 6.07) is 5.19. The van der Waals surface area contributed by atoms with Crippen molar-refractivity contribution in [1.29, 1.82) is 0 Å². The van der Waals surface area contributed by atoms with Gasteiger partial charge in [0.2, 0.25) is 0 Å². The van der Waals surface area contributed by atoms with Gasteiger partial charge < -0.3 is 9.47 Å². The maximum atomic E-state index is 13.2. The number of carbonyl (C=O) groups excluding carboxylic acids is 2. The summed E-state index contributed by atoms with van der Waals surface area (Å²) in [5.74, 6) is -0.760. The number of nitrogens with zero attached hydrogens (tertiary/aromatic N) is 3. The Hall–Kier alpha value is -2.90. The number of esters is 2. The second kappa shape index (κ2) is 7.38. The lowest BCUT2D eigenvalue weighted by Gasteiger charge is -2.18. The Morgan fingerprint density at radius 2 is 1.63 bits per heavy atom. The summed E-state index contributed by atoms with van der Waals surface area (Å²) in [7, 11) is 0. The molecule has 1 aliphatic heterocycles. The van der Waals surface area contributed by atoms with Gasteiger partial charge in [-0.1, -0.05) is 26.0 Å². The molecule has 2 aromatic rings. The van der Waals surface area contributed by atoms with E-state index in [1.165, 1.54) is 9.69 Å². The molecule has 0 spiro atoms. The quantitative estimate of drug-likeness (QED) is 0.557. The summed E-state index contributed by atoms with van der Waals surface area (Å²) >= 11 is 0. The van der Waals surface area contributed by atoms with E-state index in [9.17, 15) is 14.4 Å². The van der Waals surface area contributed by atoms with Crippen molar-refractivity contribution in [2.75, 3.05) is 18.2 Å². The van der Waals surface area contributed by atoms with Crippen LogP contribution in [0, 0.1) is 0 Å². The smallest absolute Gasteiger partial charge is 0.333 e. The van der Waals surface area contributed by atoms with Crippen LogP contribution >= 0.6 is 0 Å². The molecule has 8 nitrogen and oxygen atoms in total. The summed E-state index contributed by atoms with van der Waals surface area (Å²) < 4.78 is 11.5. The number of carbonyl (C=O) groups is 2. The van der Waals surface area contributed by atoms with Crippen molar-refractivity contribution in [3.63, 3.8) is 0 Å².